The second kappa shape index (κ2) is 13.2. The Kier molecular flexibility index (Phi) is 7.84. The van der Waals surface area contributed by atoms with E-state index in [1.54, 1.807) is 0 Å². The molecular weight excluding hydrogens is 623 g/mol. The Morgan fingerprint density at radius 3 is 1.43 bits per heavy atom. The lowest BCUT2D eigenvalue weighted by atomic mass is 9.97. The van der Waals surface area contributed by atoms with Crippen LogP contribution in [0.5, 0.6) is 0 Å². The molecule has 9 rings (SSSR count). The van der Waals surface area contributed by atoms with Gasteiger partial charge in [-0.3, -0.25) is 0 Å². The molecule has 5 nitrogen and oxygen atoms in total. The molecule has 1 aromatic heterocycles. The predicted molar refractivity (Wildman–Crippen MR) is 208 cm³/mol. The number of benzene rings is 7. The molecule has 1 N–H and O–H groups in total. The van der Waals surface area contributed by atoms with Crippen molar-refractivity contribution < 1.29 is 0 Å². The molecule has 1 aliphatic heterocycles. The second-order valence-corrected chi connectivity index (χ2v) is 12.6. The molecule has 0 radical (unpaired) electrons. The summed E-state index contributed by atoms with van der Waals surface area (Å²) < 4.78 is 0. The average Bonchev–Trinajstić information content (AvgIpc) is 3.62. The number of nitrogens with one attached hydrogen (secondary N) is 1. The van der Waals surface area contributed by atoms with Crippen molar-refractivity contribution in [3.8, 4) is 56.4 Å². The van der Waals surface area contributed by atoms with Gasteiger partial charge in [0.1, 0.15) is 6.17 Å². The lowest BCUT2D eigenvalue weighted by Gasteiger charge is -2.27. The first kappa shape index (κ1) is 30.2. The van der Waals surface area contributed by atoms with Crippen molar-refractivity contribution in [1.82, 2.24) is 15.0 Å². The summed E-state index contributed by atoms with van der Waals surface area (Å²) in [6, 6.07) is 65.3. The van der Waals surface area contributed by atoms with E-state index >= 15 is 0 Å². The normalized spacial score (nSPS) is 13.4. The van der Waals surface area contributed by atoms with E-state index in [2.05, 4.69) is 138 Å². The standard InChI is InChI=1S/C46H33N5/c1-4-14-33(15-5-1)43-48-44(34-16-6-2-7-17-34)50-45(49-43)39-23-13-22-38(31-39)37-21-12-20-36(30-37)32-26-28-40(29-27-32)51-42-25-11-10-24-41(42)47-46(51)35-18-8-3-9-19-35/h1-31,46-47H. The monoisotopic (exact) mass is 655 g/mol. The van der Waals surface area contributed by atoms with Crippen molar-refractivity contribution in [3.63, 3.8) is 0 Å². The van der Waals surface area contributed by atoms with E-state index in [1.165, 1.54) is 11.3 Å². The number of fused-ring (bicyclic) bond motifs is 1. The van der Waals surface area contributed by atoms with Gasteiger partial charge in [-0.05, 0) is 64.2 Å². The molecule has 0 amide bonds. The van der Waals surface area contributed by atoms with Crippen LogP contribution in [0, 0.1) is 0 Å². The minimum absolute atomic E-state index is 0.0157. The van der Waals surface area contributed by atoms with E-state index in [-0.39, 0.29) is 6.17 Å². The zero-order chi connectivity index (χ0) is 34.0. The van der Waals surface area contributed by atoms with Crippen LogP contribution in [-0.4, -0.2) is 15.0 Å². The van der Waals surface area contributed by atoms with E-state index in [9.17, 15) is 0 Å². The highest BCUT2D eigenvalue weighted by molar-refractivity contribution is 5.84. The SMILES string of the molecule is c1ccc(-c2nc(-c3ccccc3)nc(-c3cccc(-c4cccc(-c5ccc(N6c7ccccc7NC6c6ccccc6)cc5)c4)c3)n2)cc1. The highest BCUT2D eigenvalue weighted by Gasteiger charge is 2.30. The molecule has 0 saturated carbocycles. The van der Waals surface area contributed by atoms with Crippen LogP contribution in [-0.2, 0) is 0 Å². The van der Waals surface area contributed by atoms with Gasteiger partial charge in [0.25, 0.3) is 0 Å². The molecule has 1 aliphatic rings. The van der Waals surface area contributed by atoms with Gasteiger partial charge in [0.2, 0.25) is 0 Å². The maximum Gasteiger partial charge on any atom is 0.164 e. The Hall–Kier alpha value is -6.85. The van der Waals surface area contributed by atoms with Crippen LogP contribution < -0.4 is 10.2 Å². The van der Waals surface area contributed by atoms with Crippen LogP contribution in [0.3, 0.4) is 0 Å². The first-order chi connectivity index (χ1) is 25.3. The number of aromatic nitrogens is 3. The van der Waals surface area contributed by atoms with E-state index < -0.39 is 0 Å². The van der Waals surface area contributed by atoms with Gasteiger partial charge in [0.05, 0.1) is 11.4 Å². The third-order valence-electron chi connectivity index (χ3n) is 9.32. The van der Waals surface area contributed by atoms with Crippen LogP contribution in [0.25, 0.3) is 56.4 Å². The Bertz CT molecular complexity index is 2390. The van der Waals surface area contributed by atoms with Gasteiger partial charge in [-0.15, -0.1) is 0 Å². The fourth-order valence-corrected chi connectivity index (χ4v) is 6.78. The summed E-state index contributed by atoms with van der Waals surface area (Å²) in [5.41, 5.74) is 12.0. The molecule has 7 aromatic carbocycles. The third-order valence-corrected chi connectivity index (χ3v) is 9.32. The predicted octanol–water partition coefficient (Wildman–Crippen LogP) is 11.5. The van der Waals surface area contributed by atoms with E-state index in [1.807, 2.05) is 60.7 Å². The second-order valence-electron chi connectivity index (χ2n) is 12.6. The van der Waals surface area contributed by atoms with Gasteiger partial charge in [-0.2, -0.15) is 0 Å². The molecule has 0 aliphatic carbocycles. The van der Waals surface area contributed by atoms with Gasteiger partial charge < -0.3 is 10.2 Å². The highest BCUT2D eigenvalue weighted by atomic mass is 15.3. The Morgan fingerprint density at radius 1 is 0.373 bits per heavy atom. The summed E-state index contributed by atoms with van der Waals surface area (Å²) in [6.45, 7) is 0. The smallest absolute Gasteiger partial charge is 0.164 e. The first-order valence-corrected chi connectivity index (χ1v) is 17.1. The molecule has 242 valence electrons. The van der Waals surface area contributed by atoms with Crippen molar-refractivity contribution in [3.05, 3.63) is 194 Å². The summed E-state index contributed by atoms with van der Waals surface area (Å²) in [5.74, 6) is 1.94. The number of anilines is 3. The van der Waals surface area contributed by atoms with Crippen LogP contribution in [0.15, 0.2) is 188 Å². The van der Waals surface area contributed by atoms with Gasteiger partial charge >= 0.3 is 0 Å². The van der Waals surface area contributed by atoms with Crippen LogP contribution in [0.4, 0.5) is 17.1 Å². The lowest BCUT2D eigenvalue weighted by molar-refractivity contribution is 0.828. The fourth-order valence-electron chi connectivity index (χ4n) is 6.78. The van der Waals surface area contributed by atoms with Crippen molar-refractivity contribution in [2.45, 2.75) is 6.17 Å². The molecular formula is C46H33N5. The molecule has 0 fully saturated rings. The van der Waals surface area contributed by atoms with Crippen LogP contribution in [0.2, 0.25) is 0 Å². The Labute approximate surface area is 297 Å². The minimum Gasteiger partial charge on any atom is -0.359 e. The molecule has 1 atom stereocenters. The fraction of sp³-hybridized carbons (Fsp3) is 0.0217. The molecule has 2 heterocycles. The van der Waals surface area contributed by atoms with Crippen molar-refractivity contribution in [1.29, 1.82) is 0 Å². The number of hydrogen-bond acceptors (Lipinski definition) is 5. The zero-order valence-electron chi connectivity index (χ0n) is 27.8. The van der Waals surface area contributed by atoms with Gasteiger partial charge in [0.15, 0.2) is 17.5 Å². The van der Waals surface area contributed by atoms with E-state index in [4.69, 9.17) is 15.0 Å². The summed E-state index contributed by atoms with van der Waals surface area (Å²) in [5, 5.41) is 3.72. The molecule has 5 heteroatoms. The first-order valence-electron chi connectivity index (χ1n) is 17.1. The highest BCUT2D eigenvalue weighted by Crippen LogP contribution is 2.46. The summed E-state index contributed by atoms with van der Waals surface area (Å²) in [6.07, 6.45) is 0.0157. The summed E-state index contributed by atoms with van der Waals surface area (Å²) >= 11 is 0. The summed E-state index contributed by atoms with van der Waals surface area (Å²) in [4.78, 5) is 17.1. The van der Waals surface area contributed by atoms with Gasteiger partial charge in [0, 0.05) is 22.4 Å². The largest absolute Gasteiger partial charge is 0.359 e. The maximum atomic E-state index is 4.95. The lowest BCUT2D eigenvalue weighted by Crippen LogP contribution is -2.23. The van der Waals surface area contributed by atoms with Crippen LogP contribution >= 0.6 is 0 Å². The molecule has 51 heavy (non-hydrogen) atoms. The van der Waals surface area contributed by atoms with Gasteiger partial charge in [-0.1, -0.05) is 152 Å². The molecule has 0 bridgehead atoms. The number of nitrogens with zero attached hydrogens (tertiary/aromatic N) is 4. The van der Waals surface area contributed by atoms with E-state index in [0.717, 1.165) is 50.3 Å². The molecule has 1 unspecified atom stereocenters. The summed E-state index contributed by atoms with van der Waals surface area (Å²) in [7, 11) is 0. The molecule has 0 saturated heterocycles. The maximum absolute atomic E-state index is 4.95. The van der Waals surface area contributed by atoms with Crippen molar-refractivity contribution >= 4 is 17.1 Å². The zero-order valence-corrected chi connectivity index (χ0v) is 27.8. The van der Waals surface area contributed by atoms with Crippen LogP contribution in [0.1, 0.15) is 11.7 Å². The molecule has 0 spiro atoms. The van der Waals surface area contributed by atoms with E-state index in [0.29, 0.717) is 17.5 Å². The topological polar surface area (TPSA) is 53.9 Å². The minimum atomic E-state index is 0.0157. The van der Waals surface area contributed by atoms with Gasteiger partial charge in [-0.25, -0.2) is 15.0 Å². The van der Waals surface area contributed by atoms with Crippen molar-refractivity contribution in [2.75, 3.05) is 10.2 Å². The Balaban J connectivity index is 1.04. The quantitative estimate of drug-likeness (QED) is 0.185. The number of para-hydroxylation sites is 2. The number of hydrogen-bond donors (Lipinski definition) is 1. The average molecular weight is 656 g/mol. The molecule has 8 aromatic rings. The Morgan fingerprint density at radius 2 is 0.824 bits per heavy atom. The van der Waals surface area contributed by atoms with Crippen molar-refractivity contribution in [2.24, 2.45) is 0 Å². The number of rotatable bonds is 7. The third kappa shape index (κ3) is 6.02.